The highest BCUT2D eigenvalue weighted by Crippen LogP contribution is 2.25. The molecule has 0 aliphatic rings. The molecule has 0 aliphatic heterocycles. The van der Waals surface area contributed by atoms with Crippen LogP contribution in [0.1, 0.15) is 64.4 Å². The Hall–Kier alpha value is -1.02. The van der Waals surface area contributed by atoms with E-state index < -0.39 is 0 Å². The maximum Gasteiger partial charge on any atom is 0.122 e. The van der Waals surface area contributed by atoms with Crippen LogP contribution >= 0.6 is 0 Å². The van der Waals surface area contributed by atoms with E-state index in [0.29, 0.717) is 5.92 Å². The number of hydrogen-bond acceptors (Lipinski definition) is 2. The lowest BCUT2D eigenvalue weighted by Crippen LogP contribution is -2.16. The van der Waals surface area contributed by atoms with Gasteiger partial charge in [-0.3, -0.25) is 0 Å². The minimum absolute atomic E-state index is 0.522. The summed E-state index contributed by atoms with van der Waals surface area (Å²) in [6.07, 6.45) is 6.19. The third-order valence-electron chi connectivity index (χ3n) is 3.50. The molecular formula is C18H31NO. The van der Waals surface area contributed by atoms with Crippen molar-refractivity contribution in [2.24, 2.45) is 0 Å². The fourth-order valence-corrected chi connectivity index (χ4v) is 2.23. The van der Waals surface area contributed by atoms with Crippen molar-refractivity contribution in [2.75, 3.05) is 19.7 Å². The van der Waals surface area contributed by atoms with E-state index in [9.17, 15) is 0 Å². The van der Waals surface area contributed by atoms with Gasteiger partial charge in [-0.15, -0.1) is 0 Å². The number of benzene rings is 1. The molecule has 0 aliphatic carbocycles. The molecule has 1 rings (SSSR count). The smallest absolute Gasteiger partial charge is 0.122 e. The van der Waals surface area contributed by atoms with E-state index in [1.54, 1.807) is 0 Å². The Bertz CT molecular complexity index is 349. The van der Waals surface area contributed by atoms with Gasteiger partial charge in [-0.2, -0.15) is 0 Å². The Labute approximate surface area is 124 Å². The highest BCUT2D eigenvalue weighted by atomic mass is 16.5. The molecule has 0 amide bonds. The van der Waals surface area contributed by atoms with Gasteiger partial charge in [0, 0.05) is 0 Å². The van der Waals surface area contributed by atoms with Crippen molar-refractivity contribution in [3.8, 4) is 5.75 Å². The van der Waals surface area contributed by atoms with Crippen LogP contribution in [-0.2, 0) is 0 Å². The van der Waals surface area contributed by atoms with Crippen LogP contribution in [0.5, 0.6) is 5.75 Å². The number of para-hydroxylation sites is 1. The molecule has 1 N–H and O–H groups in total. The molecular weight excluding hydrogens is 246 g/mol. The standard InChI is InChI=1S/C18H31NO/c1-4-5-13-19-14-9-6-10-15-20-18-12-8-7-11-17(18)16(2)3/h7-8,11-12,16,19H,4-6,9-10,13-15H2,1-3H3. The molecule has 0 saturated carbocycles. The molecule has 0 fully saturated rings. The molecule has 2 heteroatoms. The summed E-state index contributed by atoms with van der Waals surface area (Å²) in [7, 11) is 0. The van der Waals surface area contributed by atoms with Gasteiger partial charge in [0.25, 0.3) is 0 Å². The van der Waals surface area contributed by atoms with Crippen LogP contribution in [-0.4, -0.2) is 19.7 Å². The molecule has 1 aromatic carbocycles. The average molecular weight is 277 g/mol. The molecule has 0 saturated heterocycles. The van der Waals surface area contributed by atoms with E-state index in [1.807, 2.05) is 0 Å². The van der Waals surface area contributed by atoms with Crippen LogP contribution in [0.25, 0.3) is 0 Å². The SMILES string of the molecule is CCCCNCCCCCOc1ccccc1C(C)C. The first-order valence-corrected chi connectivity index (χ1v) is 8.18. The summed E-state index contributed by atoms with van der Waals surface area (Å²) in [6, 6.07) is 8.39. The Kier molecular flexibility index (Phi) is 9.14. The van der Waals surface area contributed by atoms with Gasteiger partial charge >= 0.3 is 0 Å². The van der Waals surface area contributed by atoms with E-state index in [4.69, 9.17) is 4.74 Å². The van der Waals surface area contributed by atoms with Gasteiger partial charge in [-0.1, -0.05) is 45.4 Å². The predicted molar refractivity (Wildman–Crippen MR) is 87.7 cm³/mol. The Morgan fingerprint density at radius 2 is 1.75 bits per heavy atom. The Balaban J connectivity index is 2.10. The highest BCUT2D eigenvalue weighted by molar-refractivity contribution is 5.35. The molecule has 0 radical (unpaired) electrons. The highest BCUT2D eigenvalue weighted by Gasteiger charge is 2.06. The van der Waals surface area contributed by atoms with Crippen molar-refractivity contribution in [3.63, 3.8) is 0 Å². The largest absolute Gasteiger partial charge is 0.493 e. The van der Waals surface area contributed by atoms with Crippen molar-refractivity contribution in [1.82, 2.24) is 5.32 Å². The first kappa shape index (κ1) is 17.0. The molecule has 0 atom stereocenters. The predicted octanol–water partition coefficient (Wildman–Crippen LogP) is 4.75. The third kappa shape index (κ3) is 6.95. The zero-order chi connectivity index (χ0) is 14.6. The summed E-state index contributed by atoms with van der Waals surface area (Å²) in [4.78, 5) is 0. The lowest BCUT2D eigenvalue weighted by Gasteiger charge is -2.13. The van der Waals surface area contributed by atoms with Gasteiger partial charge in [-0.25, -0.2) is 0 Å². The fraction of sp³-hybridized carbons (Fsp3) is 0.667. The number of rotatable bonds is 11. The maximum atomic E-state index is 5.92. The Morgan fingerprint density at radius 3 is 2.50 bits per heavy atom. The fourth-order valence-electron chi connectivity index (χ4n) is 2.23. The summed E-state index contributed by atoms with van der Waals surface area (Å²) < 4.78 is 5.92. The van der Waals surface area contributed by atoms with Crippen molar-refractivity contribution in [2.45, 2.75) is 58.8 Å². The molecule has 0 spiro atoms. The Morgan fingerprint density at radius 1 is 1.00 bits per heavy atom. The second-order valence-electron chi connectivity index (χ2n) is 5.71. The maximum absolute atomic E-state index is 5.92. The molecule has 2 nitrogen and oxygen atoms in total. The van der Waals surface area contributed by atoms with Crippen LogP contribution in [0.4, 0.5) is 0 Å². The lowest BCUT2D eigenvalue weighted by atomic mass is 10.0. The third-order valence-corrected chi connectivity index (χ3v) is 3.50. The van der Waals surface area contributed by atoms with Crippen molar-refractivity contribution in [1.29, 1.82) is 0 Å². The summed E-state index contributed by atoms with van der Waals surface area (Å²) in [5, 5.41) is 3.48. The normalized spacial score (nSPS) is 11.0. The zero-order valence-corrected chi connectivity index (χ0v) is 13.5. The van der Waals surface area contributed by atoms with Crippen LogP contribution in [0, 0.1) is 0 Å². The number of unbranched alkanes of at least 4 members (excludes halogenated alkanes) is 3. The molecule has 0 bridgehead atoms. The minimum Gasteiger partial charge on any atom is -0.493 e. The minimum atomic E-state index is 0.522. The first-order chi connectivity index (χ1) is 9.75. The van der Waals surface area contributed by atoms with Gasteiger partial charge in [0.15, 0.2) is 0 Å². The van der Waals surface area contributed by atoms with Crippen LogP contribution in [0.2, 0.25) is 0 Å². The molecule has 0 aromatic heterocycles. The second-order valence-corrected chi connectivity index (χ2v) is 5.71. The van der Waals surface area contributed by atoms with Crippen molar-refractivity contribution >= 4 is 0 Å². The molecule has 0 heterocycles. The quantitative estimate of drug-likeness (QED) is 0.589. The number of ether oxygens (including phenoxy) is 1. The van der Waals surface area contributed by atoms with Crippen molar-refractivity contribution < 1.29 is 4.74 Å². The zero-order valence-electron chi connectivity index (χ0n) is 13.5. The van der Waals surface area contributed by atoms with Gasteiger partial charge in [0.2, 0.25) is 0 Å². The van der Waals surface area contributed by atoms with E-state index in [0.717, 1.165) is 31.9 Å². The monoisotopic (exact) mass is 277 g/mol. The number of nitrogens with one attached hydrogen (secondary N) is 1. The van der Waals surface area contributed by atoms with Gasteiger partial charge in [-0.05, 0) is 56.3 Å². The topological polar surface area (TPSA) is 21.3 Å². The summed E-state index contributed by atoms with van der Waals surface area (Å²) >= 11 is 0. The van der Waals surface area contributed by atoms with E-state index >= 15 is 0 Å². The van der Waals surface area contributed by atoms with Crippen LogP contribution < -0.4 is 10.1 Å². The first-order valence-electron chi connectivity index (χ1n) is 8.18. The van der Waals surface area contributed by atoms with Crippen LogP contribution in [0.3, 0.4) is 0 Å². The molecule has 114 valence electrons. The summed E-state index contributed by atoms with van der Waals surface area (Å²) in [6.45, 7) is 9.79. The lowest BCUT2D eigenvalue weighted by molar-refractivity contribution is 0.301. The number of hydrogen-bond donors (Lipinski definition) is 1. The molecule has 1 aromatic rings. The summed E-state index contributed by atoms with van der Waals surface area (Å²) in [5.74, 6) is 1.58. The van der Waals surface area contributed by atoms with E-state index in [-0.39, 0.29) is 0 Å². The van der Waals surface area contributed by atoms with Gasteiger partial charge < -0.3 is 10.1 Å². The second kappa shape index (κ2) is 10.7. The van der Waals surface area contributed by atoms with Gasteiger partial charge in [0.05, 0.1) is 6.61 Å². The molecule has 20 heavy (non-hydrogen) atoms. The van der Waals surface area contributed by atoms with Crippen molar-refractivity contribution in [3.05, 3.63) is 29.8 Å². The molecule has 0 unspecified atom stereocenters. The average Bonchev–Trinajstić information content (AvgIpc) is 2.46. The van der Waals surface area contributed by atoms with E-state index in [1.165, 1.54) is 31.2 Å². The summed E-state index contributed by atoms with van der Waals surface area (Å²) in [5.41, 5.74) is 1.31. The van der Waals surface area contributed by atoms with E-state index in [2.05, 4.69) is 50.4 Å². The van der Waals surface area contributed by atoms with Gasteiger partial charge in [0.1, 0.15) is 5.75 Å². The van der Waals surface area contributed by atoms with Crippen LogP contribution in [0.15, 0.2) is 24.3 Å².